The number of hydrogen-bond acceptors (Lipinski definition) is 8. The summed E-state index contributed by atoms with van der Waals surface area (Å²) in [7, 11) is 3.01. The van der Waals surface area contributed by atoms with E-state index in [1.165, 1.54) is 13.3 Å². The van der Waals surface area contributed by atoms with Gasteiger partial charge in [-0.3, -0.25) is 4.90 Å². The Morgan fingerprint density at radius 1 is 1.26 bits per heavy atom. The number of halogens is 1. The number of aromatic hydroxyl groups is 1. The Morgan fingerprint density at radius 2 is 2.03 bits per heavy atom. The molecule has 8 nitrogen and oxygen atoms in total. The molecule has 2 atom stereocenters. The van der Waals surface area contributed by atoms with E-state index in [9.17, 15) is 5.11 Å². The lowest BCUT2D eigenvalue weighted by Gasteiger charge is -2.27. The van der Waals surface area contributed by atoms with Crippen LogP contribution in [0, 0.1) is 18.8 Å². The van der Waals surface area contributed by atoms with Gasteiger partial charge in [0.15, 0.2) is 0 Å². The summed E-state index contributed by atoms with van der Waals surface area (Å²) < 4.78 is 10.9. The first-order valence-corrected chi connectivity index (χ1v) is 13.7. The first kappa shape index (κ1) is 30.0. The maximum Gasteiger partial charge on any atom is 0.144 e. The van der Waals surface area contributed by atoms with Crippen molar-refractivity contribution in [1.82, 2.24) is 4.90 Å². The van der Waals surface area contributed by atoms with Crippen molar-refractivity contribution in [2.24, 2.45) is 22.1 Å². The lowest BCUT2D eigenvalue weighted by atomic mass is 9.79. The minimum absolute atomic E-state index is 0.0907. The standard InChI is InChI=1S/C29H42ClN3O5/c1-20(7-11-25-28(34)26(19-31-36-5)22(3)27(30)29(25)35-4)6-9-23-18-24(10-8-21(23)2)32-38-17-14-33-12-15-37-16-13-33/h6-7,9,19,21,23,34H,8,10-18H2,1-5H3/b9-6+,20-7+,31-19+,32-24+/t21-,23?/m1/s1. The second-order valence-corrected chi connectivity index (χ2v) is 10.3. The number of allylic oxidation sites excluding steroid dienone is 4. The third kappa shape index (κ3) is 8.22. The molecule has 1 saturated carbocycles. The summed E-state index contributed by atoms with van der Waals surface area (Å²) >= 11 is 6.55. The third-order valence-corrected chi connectivity index (χ3v) is 7.82. The number of nitrogens with zero attached hydrogens (tertiary/aromatic N) is 3. The van der Waals surface area contributed by atoms with Gasteiger partial charge in [-0.1, -0.05) is 52.6 Å². The van der Waals surface area contributed by atoms with E-state index < -0.39 is 0 Å². The molecule has 0 bridgehead atoms. The minimum atomic E-state index is 0.0907. The maximum atomic E-state index is 10.9. The van der Waals surface area contributed by atoms with Crippen LogP contribution < -0.4 is 4.74 Å². The molecule has 1 saturated heterocycles. The van der Waals surface area contributed by atoms with Crippen molar-refractivity contribution in [2.45, 2.75) is 46.5 Å². The van der Waals surface area contributed by atoms with Crippen molar-refractivity contribution < 1.29 is 24.3 Å². The molecule has 210 valence electrons. The van der Waals surface area contributed by atoms with Gasteiger partial charge in [0.25, 0.3) is 0 Å². The van der Waals surface area contributed by atoms with Gasteiger partial charge < -0.3 is 24.3 Å². The topological polar surface area (TPSA) is 85.1 Å². The Hall–Kier alpha value is -2.55. The maximum absolute atomic E-state index is 10.9. The van der Waals surface area contributed by atoms with Crippen LogP contribution in [0.25, 0.3) is 0 Å². The molecular formula is C29H42ClN3O5. The van der Waals surface area contributed by atoms with E-state index in [0.29, 0.717) is 52.3 Å². The molecule has 9 heteroatoms. The molecule has 1 aromatic rings. The smallest absolute Gasteiger partial charge is 0.144 e. The summed E-state index contributed by atoms with van der Waals surface area (Å²) in [6.45, 7) is 11.2. The minimum Gasteiger partial charge on any atom is -0.507 e. The van der Waals surface area contributed by atoms with Crippen molar-refractivity contribution in [3.63, 3.8) is 0 Å². The number of morpholine rings is 1. The number of methoxy groups -OCH3 is 1. The molecule has 38 heavy (non-hydrogen) atoms. The van der Waals surface area contributed by atoms with Gasteiger partial charge in [0, 0.05) is 30.8 Å². The van der Waals surface area contributed by atoms with Gasteiger partial charge in [-0.2, -0.15) is 0 Å². The van der Waals surface area contributed by atoms with Crippen LogP contribution in [0.5, 0.6) is 11.5 Å². The second-order valence-electron chi connectivity index (χ2n) is 9.97. The lowest BCUT2D eigenvalue weighted by Crippen LogP contribution is -2.38. The first-order chi connectivity index (χ1) is 18.3. The highest BCUT2D eigenvalue weighted by Gasteiger charge is 2.24. The summed E-state index contributed by atoms with van der Waals surface area (Å²) in [6, 6.07) is 0. The SMILES string of the molecule is CO/N=C/c1c(C)c(Cl)c(OC)c(C/C=C(C)/C=C/C2C/C(=N/OCCN3CCOCC3)CC[C@H]2C)c1O. The molecular weight excluding hydrogens is 506 g/mol. The molecule has 1 unspecified atom stereocenters. The molecule has 2 aliphatic rings. The lowest BCUT2D eigenvalue weighted by molar-refractivity contribution is 0.0209. The predicted molar refractivity (Wildman–Crippen MR) is 153 cm³/mol. The summed E-state index contributed by atoms with van der Waals surface area (Å²) in [4.78, 5) is 12.8. The van der Waals surface area contributed by atoms with Gasteiger partial charge in [0.2, 0.25) is 0 Å². The largest absolute Gasteiger partial charge is 0.507 e. The van der Waals surface area contributed by atoms with E-state index in [4.69, 9.17) is 30.7 Å². The van der Waals surface area contributed by atoms with E-state index >= 15 is 0 Å². The number of rotatable bonds is 11. The Kier molecular flexibility index (Phi) is 12.0. The molecule has 1 aromatic carbocycles. The highest BCUT2D eigenvalue weighted by atomic mass is 35.5. The highest BCUT2D eigenvalue weighted by molar-refractivity contribution is 6.33. The zero-order valence-corrected chi connectivity index (χ0v) is 24.1. The van der Waals surface area contributed by atoms with Gasteiger partial charge in [0.1, 0.15) is 25.2 Å². The Bertz CT molecular complexity index is 1050. The van der Waals surface area contributed by atoms with Gasteiger partial charge in [-0.15, -0.1) is 0 Å². The molecule has 1 aliphatic heterocycles. The van der Waals surface area contributed by atoms with Crippen LogP contribution in [0.2, 0.25) is 5.02 Å². The average molecular weight is 548 g/mol. The Labute approximate surface area is 231 Å². The highest BCUT2D eigenvalue weighted by Crippen LogP contribution is 2.41. The zero-order valence-electron chi connectivity index (χ0n) is 23.3. The van der Waals surface area contributed by atoms with Crippen molar-refractivity contribution in [2.75, 3.05) is 53.7 Å². The van der Waals surface area contributed by atoms with E-state index in [1.54, 1.807) is 7.11 Å². The van der Waals surface area contributed by atoms with Gasteiger partial charge in [-0.25, -0.2) is 0 Å². The third-order valence-electron chi connectivity index (χ3n) is 7.36. The fourth-order valence-electron chi connectivity index (χ4n) is 4.80. The van der Waals surface area contributed by atoms with Crippen LogP contribution in [-0.4, -0.2) is 75.6 Å². The monoisotopic (exact) mass is 547 g/mol. The molecule has 1 aliphatic carbocycles. The number of hydrogen-bond donors (Lipinski definition) is 1. The summed E-state index contributed by atoms with van der Waals surface area (Å²) in [6.07, 6.45) is 11.4. The van der Waals surface area contributed by atoms with E-state index in [1.807, 2.05) is 6.92 Å². The van der Waals surface area contributed by atoms with Crippen molar-refractivity contribution >= 4 is 23.5 Å². The fourth-order valence-corrected chi connectivity index (χ4v) is 5.09. The molecule has 1 N–H and O–H groups in total. The first-order valence-electron chi connectivity index (χ1n) is 13.3. The Balaban J connectivity index is 1.62. The molecule has 2 fully saturated rings. The molecule has 3 rings (SSSR count). The van der Waals surface area contributed by atoms with Gasteiger partial charge >= 0.3 is 0 Å². The van der Waals surface area contributed by atoms with Crippen LogP contribution in [0.15, 0.2) is 34.1 Å². The van der Waals surface area contributed by atoms with E-state index in [0.717, 1.165) is 63.4 Å². The number of oxime groups is 2. The average Bonchev–Trinajstić information content (AvgIpc) is 2.93. The number of ether oxygens (including phenoxy) is 2. The molecule has 0 radical (unpaired) electrons. The van der Waals surface area contributed by atoms with E-state index in [2.05, 4.69) is 47.3 Å². The summed E-state index contributed by atoms with van der Waals surface area (Å²) in [5.41, 5.74) is 4.04. The van der Waals surface area contributed by atoms with Crippen LogP contribution in [0.3, 0.4) is 0 Å². The molecule has 0 amide bonds. The van der Waals surface area contributed by atoms with Gasteiger partial charge in [-0.05, 0) is 56.9 Å². The number of phenolic OH excluding ortho intramolecular Hbond substituents is 1. The Morgan fingerprint density at radius 3 is 2.74 bits per heavy atom. The zero-order chi connectivity index (χ0) is 27.5. The predicted octanol–water partition coefficient (Wildman–Crippen LogP) is 5.53. The fraction of sp³-hybridized carbons (Fsp3) is 0.586. The summed E-state index contributed by atoms with van der Waals surface area (Å²) in [5.74, 6) is 1.55. The van der Waals surface area contributed by atoms with Crippen LogP contribution in [0.1, 0.15) is 49.8 Å². The van der Waals surface area contributed by atoms with E-state index in [-0.39, 0.29) is 5.75 Å². The van der Waals surface area contributed by atoms with Crippen LogP contribution in [0.4, 0.5) is 0 Å². The molecule has 0 aromatic heterocycles. The van der Waals surface area contributed by atoms with Crippen molar-refractivity contribution in [1.29, 1.82) is 0 Å². The quantitative estimate of drug-likeness (QED) is 0.170. The molecule has 1 heterocycles. The van der Waals surface area contributed by atoms with Crippen molar-refractivity contribution in [3.05, 3.63) is 45.5 Å². The van der Waals surface area contributed by atoms with Crippen LogP contribution in [-0.2, 0) is 20.8 Å². The van der Waals surface area contributed by atoms with Crippen molar-refractivity contribution in [3.8, 4) is 11.5 Å². The second kappa shape index (κ2) is 15.1. The van der Waals surface area contributed by atoms with Gasteiger partial charge in [0.05, 0.1) is 37.3 Å². The normalized spacial score (nSPS) is 22.5. The molecule has 0 spiro atoms. The number of benzene rings is 1. The number of phenols is 1. The summed E-state index contributed by atoms with van der Waals surface area (Å²) in [5, 5.41) is 19.7. The van der Waals surface area contributed by atoms with Crippen LogP contribution >= 0.6 is 11.6 Å².